The SMILES string of the molecule is CC(C)C1CC(O)(Cc2cc(Br)ccc2F)C1. The number of rotatable bonds is 3. The van der Waals surface area contributed by atoms with Crippen LogP contribution in [0.25, 0.3) is 0 Å². The quantitative estimate of drug-likeness (QED) is 0.897. The van der Waals surface area contributed by atoms with Gasteiger partial charge in [0, 0.05) is 10.9 Å². The Bertz CT molecular complexity index is 411. The van der Waals surface area contributed by atoms with E-state index in [4.69, 9.17) is 0 Å². The molecule has 94 valence electrons. The lowest BCUT2D eigenvalue weighted by molar-refractivity contribution is -0.0864. The summed E-state index contributed by atoms with van der Waals surface area (Å²) in [4.78, 5) is 0. The van der Waals surface area contributed by atoms with Crippen LogP contribution in [-0.2, 0) is 6.42 Å². The molecule has 0 radical (unpaired) electrons. The maximum Gasteiger partial charge on any atom is 0.126 e. The number of benzene rings is 1. The zero-order chi connectivity index (χ0) is 12.6. The highest BCUT2D eigenvalue weighted by Gasteiger charge is 2.43. The number of halogens is 2. The minimum atomic E-state index is -0.698. The van der Waals surface area contributed by atoms with E-state index in [1.165, 1.54) is 6.07 Å². The first-order valence-corrected chi connectivity index (χ1v) is 6.85. The van der Waals surface area contributed by atoms with Crippen LogP contribution in [0.4, 0.5) is 4.39 Å². The lowest BCUT2D eigenvalue weighted by Gasteiger charge is -2.46. The minimum Gasteiger partial charge on any atom is -0.390 e. The summed E-state index contributed by atoms with van der Waals surface area (Å²) in [6.45, 7) is 4.34. The average Bonchev–Trinajstić information content (AvgIpc) is 2.19. The van der Waals surface area contributed by atoms with E-state index < -0.39 is 5.60 Å². The van der Waals surface area contributed by atoms with E-state index in [-0.39, 0.29) is 5.82 Å². The van der Waals surface area contributed by atoms with Crippen molar-refractivity contribution >= 4 is 15.9 Å². The molecule has 17 heavy (non-hydrogen) atoms. The molecular formula is C14H18BrFO. The minimum absolute atomic E-state index is 0.227. The molecule has 1 nitrogen and oxygen atoms in total. The smallest absolute Gasteiger partial charge is 0.126 e. The highest BCUT2D eigenvalue weighted by Crippen LogP contribution is 2.44. The Hall–Kier alpha value is -0.410. The predicted octanol–water partition coefficient (Wildman–Crippen LogP) is 3.93. The third-order valence-corrected chi connectivity index (χ3v) is 4.25. The molecule has 0 heterocycles. The van der Waals surface area contributed by atoms with Gasteiger partial charge in [-0.1, -0.05) is 29.8 Å². The molecule has 1 saturated carbocycles. The first kappa shape index (κ1) is 13.0. The third kappa shape index (κ3) is 2.89. The normalized spacial score (nSPS) is 28.2. The molecular weight excluding hydrogens is 283 g/mol. The van der Waals surface area contributed by atoms with E-state index in [9.17, 15) is 9.50 Å². The Morgan fingerprint density at radius 1 is 1.47 bits per heavy atom. The Labute approximate surface area is 110 Å². The Balaban J connectivity index is 2.05. The summed E-state index contributed by atoms with van der Waals surface area (Å²) in [5.74, 6) is 0.951. The summed E-state index contributed by atoms with van der Waals surface area (Å²) in [6.07, 6.45) is 1.99. The van der Waals surface area contributed by atoms with Gasteiger partial charge in [-0.3, -0.25) is 0 Å². The van der Waals surface area contributed by atoms with Crippen LogP contribution >= 0.6 is 15.9 Å². The first-order valence-electron chi connectivity index (χ1n) is 6.06. The van der Waals surface area contributed by atoms with Crippen LogP contribution in [0, 0.1) is 17.7 Å². The van der Waals surface area contributed by atoms with Crippen molar-refractivity contribution in [3.8, 4) is 0 Å². The zero-order valence-electron chi connectivity index (χ0n) is 10.2. The molecule has 0 amide bonds. The Morgan fingerprint density at radius 3 is 2.71 bits per heavy atom. The van der Waals surface area contributed by atoms with Crippen LogP contribution < -0.4 is 0 Å². The summed E-state index contributed by atoms with van der Waals surface area (Å²) >= 11 is 3.33. The lowest BCUT2D eigenvalue weighted by Crippen LogP contribution is -2.47. The van der Waals surface area contributed by atoms with Gasteiger partial charge in [-0.05, 0) is 48.4 Å². The van der Waals surface area contributed by atoms with Crippen molar-refractivity contribution in [3.63, 3.8) is 0 Å². The van der Waals surface area contributed by atoms with Crippen LogP contribution in [-0.4, -0.2) is 10.7 Å². The van der Waals surface area contributed by atoms with Crippen molar-refractivity contribution in [1.82, 2.24) is 0 Å². The molecule has 0 spiro atoms. The van der Waals surface area contributed by atoms with Gasteiger partial charge < -0.3 is 5.11 Å². The maximum atomic E-state index is 13.6. The molecule has 0 bridgehead atoms. The lowest BCUT2D eigenvalue weighted by atomic mass is 9.64. The fourth-order valence-corrected chi connectivity index (χ4v) is 2.97. The molecule has 0 aliphatic heterocycles. The summed E-state index contributed by atoms with van der Waals surface area (Å²) in [7, 11) is 0. The average molecular weight is 301 g/mol. The first-order chi connectivity index (χ1) is 7.89. The van der Waals surface area contributed by atoms with E-state index in [1.54, 1.807) is 12.1 Å². The van der Waals surface area contributed by atoms with E-state index >= 15 is 0 Å². The van der Waals surface area contributed by atoms with Crippen molar-refractivity contribution in [1.29, 1.82) is 0 Å². The summed E-state index contributed by atoms with van der Waals surface area (Å²) in [6, 6.07) is 4.89. The molecule has 1 N–H and O–H groups in total. The van der Waals surface area contributed by atoms with Gasteiger partial charge in [0.25, 0.3) is 0 Å². The van der Waals surface area contributed by atoms with Crippen LogP contribution in [0.2, 0.25) is 0 Å². The topological polar surface area (TPSA) is 20.2 Å². The molecule has 2 rings (SSSR count). The van der Waals surface area contributed by atoms with Gasteiger partial charge >= 0.3 is 0 Å². The Kier molecular flexibility index (Phi) is 3.60. The highest BCUT2D eigenvalue weighted by molar-refractivity contribution is 9.10. The fourth-order valence-electron chi connectivity index (χ4n) is 2.57. The standard InChI is InChI=1S/C14H18BrFO/c1-9(2)11-7-14(17,8-11)6-10-5-12(15)3-4-13(10)16/h3-5,9,11,17H,6-8H2,1-2H3. The van der Waals surface area contributed by atoms with Gasteiger partial charge in [0.05, 0.1) is 5.60 Å². The molecule has 0 aromatic heterocycles. The van der Waals surface area contributed by atoms with Crippen LogP contribution in [0.15, 0.2) is 22.7 Å². The van der Waals surface area contributed by atoms with Crippen molar-refractivity contribution in [2.45, 2.75) is 38.7 Å². The molecule has 1 fully saturated rings. The van der Waals surface area contributed by atoms with E-state index in [2.05, 4.69) is 29.8 Å². The predicted molar refractivity (Wildman–Crippen MR) is 70.3 cm³/mol. The van der Waals surface area contributed by atoms with E-state index in [0.29, 0.717) is 23.8 Å². The van der Waals surface area contributed by atoms with Crippen LogP contribution in [0.3, 0.4) is 0 Å². The Morgan fingerprint density at radius 2 is 2.12 bits per heavy atom. The highest BCUT2D eigenvalue weighted by atomic mass is 79.9. The monoisotopic (exact) mass is 300 g/mol. The summed E-state index contributed by atoms with van der Waals surface area (Å²) in [5, 5.41) is 10.3. The molecule has 3 heteroatoms. The van der Waals surface area contributed by atoms with Crippen molar-refractivity contribution in [3.05, 3.63) is 34.1 Å². The molecule has 0 atom stereocenters. The zero-order valence-corrected chi connectivity index (χ0v) is 11.8. The van der Waals surface area contributed by atoms with Gasteiger partial charge in [0.2, 0.25) is 0 Å². The van der Waals surface area contributed by atoms with Gasteiger partial charge in [0.1, 0.15) is 5.82 Å². The van der Waals surface area contributed by atoms with Gasteiger partial charge in [0.15, 0.2) is 0 Å². The number of hydrogen-bond donors (Lipinski definition) is 1. The molecule has 0 saturated heterocycles. The molecule has 1 aromatic carbocycles. The third-order valence-electron chi connectivity index (χ3n) is 3.75. The molecule has 1 aliphatic carbocycles. The summed E-state index contributed by atoms with van der Waals surface area (Å²) < 4.78 is 14.4. The van der Waals surface area contributed by atoms with Crippen molar-refractivity contribution < 1.29 is 9.50 Å². The number of aliphatic hydroxyl groups is 1. The van der Waals surface area contributed by atoms with Gasteiger partial charge in [-0.2, -0.15) is 0 Å². The number of hydrogen-bond acceptors (Lipinski definition) is 1. The maximum absolute atomic E-state index is 13.6. The second kappa shape index (κ2) is 4.69. The summed E-state index contributed by atoms with van der Waals surface area (Å²) in [5.41, 5.74) is -0.0968. The van der Waals surface area contributed by atoms with Crippen LogP contribution in [0.1, 0.15) is 32.3 Å². The van der Waals surface area contributed by atoms with E-state index in [0.717, 1.165) is 17.3 Å². The van der Waals surface area contributed by atoms with E-state index in [1.807, 2.05) is 0 Å². The van der Waals surface area contributed by atoms with Gasteiger partial charge in [-0.15, -0.1) is 0 Å². The van der Waals surface area contributed by atoms with Gasteiger partial charge in [-0.25, -0.2) is 4.39 Å². The molecule has 1 aromatic rings. The largest absolute Gasteiger partial charge is 0.390 e. The fraction of sp³-hybridized carbons (Fsp3) is 0.571. The van der Waals surface area contributed by atoms with Crippen molar-refractivity contribution in [2.24, 2.45) is 11.8 Å². The van der Waals surface area contributed by atoms with Crippen molar-refractivity contribution in [2.75, 3.05) is 0 Å². The van der Waals surface area contributed by atoms with Crippen LogP contribution in [0.5, 0.6) is 0 Å². The second-order valence-corrected chi connectivity index (χ2v) is 6.46. The molecule has 0 unspecified atom stereocenters. The second-order valence-electron chi connectivity index (χ2n) is 5.55. The molecule has 1 aliphatic rings.